The second-order valence-electron chi connectivity index (χ2n) is 5.09. The zero-order valence-corrected chi connectivity index (χ0v) is 15.1. The predicted molar refractivity (Wildman–Crippen MR) is 99.6 cm³/mol. The van der Waals surface area contributed by atoms with Gasteiger partial charge in [-0.15, -0.1) is 0 Å². The number of nitrogens with zero attached hydrogens (tertiary/aromatic N) is 1. The molecule has 3 rings (SSSR count). The van der Waals surface area contributed by atoms with Crippen LogP contribution in [0.4, 0.5) is 5.13 Å². The number of benzene rings is 2. The number of ether oxygens (including phenoxy) is 1. The molecule has 0 spiro atoms. The fourth-order valence-corrected chi connectivity index (χ4v) is 3.54. The molecule has 0 saturated heterocycles. The minimum atomic E-state index is -0.296. The minimum absolute atomic E-state index is 0.155. The summed E-state index contributed by atoms with van der Waals surface area (Å²) in [4.78, 5) is 16.4. The first kappa shape index (κ1) is 17.0. The number of anilines is 1. The Hall–Kier alpha value is -1.82. The largest absolute Gasteiger partial charge is 0.482 e. The number of aryl methyl sites for hydroxylation is 1. The number of amides is 1. The molecule has 24 heavy (non-hydrogen) atoms. The van der Waals surface area contributed by atoms with Gasteiger partial charge in [0, 0.05) is 5.02 Å². The number of halogens is 2. The number of nitrogens with one attached hydrogen (secondary N) is 1. The fraction of sp³-hybridized carbons (Fsp3) is 0.176. The molecule has 0 radical (unpaired) electrons. The first-order valence-corrected chi connectivity index (χ1v) is 8.89. The second kappa shape index (κ2) is 7.38. The van der Waals surface area contributed by atoms with Gasteiger partial charge in [-0.25, -0.2) is 4.98 Å². The number of aromatic nitrogens is 1. The van der Waals surface area contributed by atoms with Crippen molar-refractivity contribution in [3.63, 3.8) is 0 Å². The van der Waals surface area contributed by atoms with Crippen LogP contribution in [0.15, 0.2) is 36.4 Å². The number of rotatable bonds is 5. The lowest BCUT2D eigenvalue weighted by molar-refractivity contribution is -0.118. The molecule has 3 aromatic rings. The Labute approximate surface area is 153 Å². The predicted octanol–water partition coefficient (Wildman–Crippen LogP) is 5.18. The fourth-order valence-electron chi connectivity index (χ4n) is 2.13. The Balaban J connectivity index is 1.64. The monoisotopic (exact) mass is 380 g/mol. The summed E-state index contributed by atoms with van der Waals surface area (Å²) in [5, 5.41) is 4.17. The van der Waals surface area contributed by atoms with Crippen molar-refractivity contribution in [3.05, 3.63) is 52.0 Å². The van der Waals surface area contributed by atoms with E-state index in [2.05, 4.69) is 23.3 Å². The van der Waals surface area contributed by atoms with Crippen molar-refractivity contribution in [1.29, 1.82) is 0 Å². The number of carbonyl (C=O) groups excluding carboxylic acids is 1. The van der Waals surface area contributed by atoms with Crippen molar-refractivity contribution < 1.29 is 9.53 Å². The molecule has 1 heterocycles. The van der Waals surface area contributed by atoms with Gasteiger partial charge in [0.15, 0.2) is 11.7 Å². The summed E-state index contributed by atoms with van der Waals surface area (Å²) in [7, 11) is 0. The van der Waals surface area contributed by atoms with Crippen LogP contribution >= 0.6 is 34.5 Å². The molecular formula is C17H14Cl2N2O2S. The number of thiazole rings is 1. The van der Waals surface area contributed by atoms with E-state index in [0.29, 0.717) is 20.9 Å². The summed E-state index contributed by atoms with van der Waals surface area (Å²) in [6, 6.07) is 10.9. The van der Waals surface area contributed by atoms with Crippen molar-refractivity contribution in [3.8, 4) is 5.75 Å². The molecule has 1 N–H and O–H groups in total. The van der Waals surface area contributed by atoms with Crippen molar-refractivity contribution in [1.82, 2.24) is 4.98 Å². The van der Waals surface area contributed by atoms with Crippen LogP contribution in [0.1, 0.15) is 12.5 Å². The molecule has 1 amide bonds. The number of carbonyl (C=O) groups is 1. The Morgan fingerprint density at radius 2 is 2.08 bits per heavy atom. The van der Waals surface area contributed by atoms with Crippen LogP contribution in [-0.4, -0.2) is 17.5 Å². The zero-order chi connectivity index (χ0) is 17.1. The minimum Gasteiger partial charge on any atom is -0.482 e. The molecule has 0 fully saturated rings. The van der Waals surface area contributed by atoms with Gasteiger partial charge in [-0.1, -0.05) is 47.5 Å². The van der Waals surface area contributed by atoms with E-state index in [1.165, 1.54) is 16.9 Å². The normalized spacial score (nSPS) is 10.8. The summed E-state index contributed by atoms with van der Waals surface area (Å²) in [6.07, 6.45) is 0.964. The van der Waals surface area contributed by atoms with E-state index in [9.17, 15) is 4.79 Å². The highest BCUT2D eigenvalue weighted by molar-refractivity contribution is 7.22. The van der Waals surface area contributed by atoms with Gasteiger partial charge < -0.3 is 4.74 Å². The topological polar surface area (TPSA) is 51.2 Å². The van der Waals surface area contributed by atoms with Crippen LogP contribution in [0, 0.1) is 0 Å². The van der Waals surface area contributed by atoms with Crippen LogP contribution in [-0.2, 0) is 11.2 Å². The van der Waals surface area contributed by atoms with E-state index in [1.807, 2.05) is 12.1 Å². The average Bonchev–Trinajstić information content (AvgIpc) is 2.95. The van der Waals surface area contributed by atoms with Crippen LogP contribution in [0.3, 0.4) is 0 Å². The molecule has 0 atom stereocenters. The van der Waals surface area contributed by atoms with Crippen molar-refractivity contribution in [2.75, 3.05) is 11.9 Å². The molecule has 0 aliphatic carbocycles. The first-order valence-electron chi connectivity index (χ1n) is 7.32. The first-order chi connectivity index (χ1) is 11.5. The second-order valence-corrected chi connectivity index (χ2v) is 6.96. The highest BCUT2D eigenvalue weighted by Crippen LogP contribution is 2.28. The zero-order valence-electron chi connectivity index (χ0n) is 12.8. The molecule has 1 aromatic heterocycles. The molecule has 124 valence electrons. The smallest absolute Gasteiger partial charge is 0.264 e. The van der Waals surface area contributed by atoms with Gasteiger partial charge in [-0.05, 0) is 42.3 Å². The Kier molecular flexibility index (Phi) is 5.23. The lowest BCUT2D eigenvalue weighted by Crippen LogP contribution is -2.20. The van der Waals surface area contributed by atoms with Crippen LogP contribution in [0.5, 0.6) is 5.75 Å². The maximum Gasteiger partial charge on any atom is 0.264 e. The van der Waals surface area contributed by atoms with E-state index in [1.54, 1.807) is 18.2 Å². The van der Waals surface area contributed by atoms with Gasteiger partial charge in [0.25, 0.3) is 5.91 Å². The Morgan fingerprint density at radius 3 is 2.83 bits per heavy atom. The highest BCUT2D eigenvalue weighted by Gasteiger charge is 2.10. The Bertz CT molecular complexity index is 895. The van der Waals surface area contributed by atoms with Gasteiger partial charge >= 0.3 is 0 Å². The van der Waals surface area contributed by atoms with Gasteiger partial charge in [0.05, 0.1) is 15.2 Å². The molecule has 0 aliphatic rings. The molecule has 7 heteroatoms. The summed E-state index contributed by atoms with van der Waals surface area (Å²) >= 11 is 13.3. The molecule has 4 nitrogen and oxygen atoms in total. The van der Waals surface area contributed by atoms with E-state index in [-0.39, 0.29) is 12.5 Å². The van der Waals surface area contributed by atoms with E-state index in [4.69, 9.17) is 27.9 Å². The van der Waals surface area contributed by atoms with Crippen LogP contribution in [0.2, 0.25) is 10.0 Å². The lowest BCUT2D eigenvalue weighted by Gasteiger charge is -2.07. The third-order valence-electron chi connectivity index (χ3n) is 3.36. The van der Waals surface area contributed by atoms with E-state index < -0.39 is 0 Å². The highest BCUT2D eigenvalue weighted by atomic mass is 35.5. The molecule has 0 saturated carbocycles. The number of hydrogen-bond donors (Lipinski definition) is 1. The maximum absolute atomic E-state index is 12.0. The summed E-state index contributed by atoms with van der Waals surface area (Å²) in [5.41, 5.74) is 2.11. The summed E-state index contributed by atoms with van der Waals surface area (Å²) in [6.45, 7) is 1.95. The van der Waals surface area contributed by atoms with Crippen molar-refractivity contribution in [2.45, 2.75) is 13.3 Å². The average molecular weight is 381 g/mol. The van der Waals surface area contributed by atoms with Gasteiger partial charge in [-0.3, -0.25) is 10.1 Å². The maximum atomic E-state index is 12.0. The van der Waals surface area contributed by atoms with Crippen molar-refractivity contribution in [2.24, 2.45) is 0 Å². The third-order valence-corrected chi connectivity index (χ3v) is 4.82. The molecular weight excluding hydrogens is 367 g/mol. The van der Waals surface area contributed by atoms with Crippen LogP contribution in [0.25, 0.3) is 10.2 Å². The standard InChI is InChI=1S/C17H14Cl2N2O2S/c1-2-10-3-5-13-15(7-10)24-17(20-13)21-16(22)9-23-14-6-4-11(18)8-12(14)19/h3-8H,2,9H2,1H3,(H,20,21,22). The summed E-state index contributed by atoms with van der Waals surface area (Å²) < 4.78 is 6.46. The van der Waals surface area contributed by atoms with Gasteiger partial charge in [0.1, 0.15) is 5.75 Å². The van der Waals surface area contributed by atoms with Crippen LogP contribution < -0.4 is 10.1 Å². The lowest BCUT2D eigenvalue weighted by atomic mass is 10.2. The SMILES string of the molecule is CCc1ccc2nc(NC(=O)COc3ccc(Cl)cc3Cl)sc2c1. The third kappa shape index (κ3) is 3.98. The van der Waals surface area contributed by atoms with Crippen molar-refractivity contribution >= 4 is 55.8 Å². The molecule has 0 aliphatic heterocycles. The van der Waals surface area contributed by atoms with E-state index >= 15 is 0 Å². The molecule has 0 bridgehead atoms. The van der Waals surface area contributed by atoms with E-state index in [0.717, 1.165) is 16.6 Å². The molecule has 2 aromatic carbocycles. The summed E-state index contributed by atoms with van der Waals surface area (Å²) in [5.74, 6) is 0.115. The molecule has 0 unspecified atom stereocenters. The number of fused-ring (bicyclic) bond motifs is 1. The number of hydrogen-bond acceptors (Lipinski definition) is 4. The van der Waals surface area contributed by atoms with Gasteiger partial charge in [-0.2, -0.15) is 0 Å². The van der Waals surface area contributed by atoms with Gasteiger partial charge in [0.2, 0.25) is 0 Å². The Morgan fingerprint density at radius 1 is 1.25 bits per heavy atom. The quantitative estimate of drug-likeness (QED) is 0.662.